The Morgan fingerprint density at radius 3 is 2.47 bits per heavy atom. The Balaban J connectivity index is 1.91. The summed E-state index contributed by atoms with van der Waals surface area (Å²) in [5.74, 6) is 1.67. The number of carbonyl (C=O) groups is 1. The van der Waals surface area contributed by atoms with Gasteiger partial charge in [-0.3, -0.25) is 4.79 Å². The largest absolute Gasteiger partial charge is 0.497 e. The van der Waals surface area contributed by atoms with Crippen LogP contribution < -0.4 is 4.74 Å². The molecule has 0 saturated heterocycles. The van der Waals surface area contributed by atoms with Gasteiger partial charge in [0, 0.05) is 16.8 Å². The van der Waals surface area contributed by atoms with Crippen molar-refractivity contribution in [3.05, 3.63) is 29.8 Å². The third kappa shape index (κ3) is 4.07. The Morgan fingerprint density at radius 1 is 1.26 bits per heavy atom. The first-order valence-electron chi connectivity index (χ1n) is 7.02. The van der Waals surface area contributed by atoms with E-state index in [1.807, 2.05) is 24.3 Å². The van der Waals surface area contributed by atoms with Crippen molar-refractivity contribution >= 4 is 21.7 Å². The molecule has 0 aliphatic heterocycles. The first-order chi connectivity index (χ1) is 9.20. The van der Waals surface area contributed by atoms with Crippen LogP contribution in [0, 0.1) is 5.92 Å². The fourth-order valence-electron chi connectivity index (χ4n) is 2.73. The van der Waals surface area contributed by atoms with E-state index in [1.54, 1.807) is 7.11 Å². The number of rotatable bonds is 5. The summed E-state index contributed by atoms with van der Waals surface area (Å²) in [4.78, 5) is 12.5. The number of Topliss-reactive ketones (excluding diaryl/α,β-unsaturated/α-hetero) is 1. The van der Waals surface area contributed by atoms with Crippen molar-refractivity contribution in [3.8, 4) is 5.75 Å². The number of benzene rings is 1. The number of hydrogen-bond donors (Lipinski definition) is 0. The Hall–Kier alpha value is -0.830. The summed E-state index contributed by atoms with van der Waals surface area (Å²) in [5.41, 5.74) is 0.779. The molecule has 0 amide bonds. The molecule has 1 atom stereocenters. The minimum absolute atomic E-state index is 0.218. The monoisotopic (exact) mass is 324 g/mol. The molecule has 0 aromatic heterocycles. The van der Waals surface area contributed by atoms with Gasteiger partial charge in [0.1, 0.15) is 5.75 Å². The van der Waals surface area contributed by atoms with Gasteiger partial charge in [-0.05, 0) is 43.0 Å². The highest BCUT2D eigenvalue weighted by molar-refractivity contribution is 9.09. The highest BCUT2D eigenvalue weighted by Gasteiger charge is 2.23. The lowest BCUT2D eigenvalue weighted by molar-refractivity contribution is 0.0974. The number of alkyl halides is 1. The zero-order chi connectivity index (χ0) is 13.7. The summed E-state index contributed by atoms with van der Waals surface area (Å²) in [7, 11) is 1.63. The zero-order valence-electron chi connectivity index (χ0n) is 11.4. The standard InChI is InChI=1S/C16H21BrO2/c1-19-14-9-7-13(8-10-14)16(18)11-15(17)12-5-3-2-4-6-12/h7-10,12,15H,2-6,11H2,1H3. The smallest absolute Gasteiger partial charge is 0.164 e. The minimum atomic E-state index is 0.218. The summed E-state index contributed by atoms with van der Waals surface area (Å²) in [6.07, 6.45) is 7.07. The van der Waals surface area contributed by atoms with Gasteiger partial charge in [-0.15, -0.1) is 0 Å². The fourth-order valence-corrected chi connectivity index (χ4v) is 3.56. The Labute approximate surface area is 123 Å². The zero-order valence-corrected chi connectivity index (χ0v) is 13.0. The summed E-state index contributed by atoms with van der Waals surface area (Å²) < 4.78 is 5.10. The normalized spacial score (nSPS) is 18.0. The molecule has 1 fully saturated rings. The predicted octanol–water partition coefficient (Wildman–Crippen LogP) is 4.61. The lowest BCUT2D eigenvalue weighted by atomic mass is 9.85. The van der Waals surface area contributed by atoms with Crippen molar-refractivity contribution in [3.63, 3.8) is 0 Å². The van der Waals surface area contributed by atoms with Crippen LogP contribution in [0.3, 0.4) is 0 Å². The van der Waals surface area contributed by atoms with Crippen molar-refractivity contribution in [2.24, 2.45) is 5.92 Å². The van der Waals surface area contributed by atoms with Crippen molar-refractivity contribution in [1.82, 2.24) is 0 Å². The SMILES string of the molecule is COc1ccc(C(=O)CC(Br)C2CCCCC2)cc1. The number of ketones is 1. The Bertz CT molecular complexity index is 407. The molecule has 0 spiro atoms. The van der Waals surface area contributed by atoms with Crippen LogP contribution in [0.1, 0.15) is 48.9 Å². The van der Waals surface area contributed by atoms with Crippen LogP contribution in [0.25, 0.3) is 0 Å². The summed E-state index contributed by atoms with van der Waals surface area (Å²) in [6.45, 7) is 0. The van der Waals surface area contributed by atoms with E-state index < -0.39 is 0 Å². The molecule has 1 aliphatic carbocycles. The molecule has 0 heterocycles. The van der Waals surface area contributed by atoms with Crippen LogP contribution in [-0.2, 0) is 0 Å². The van der Waals surface area contributed by atoms with Crippen molar-refractivity contribution < 1.29 is 9.53 Å². The number of methoxy groups -OCH3 is 1. The molecular weight excluding hydrogens is 304 g/mol. The van der Waals surface area contributed by atoms with Gasteiger partial charge in [-0.1, -0.05) is 35.2 Å². The molecule has 0 bridgehead atoms. The molecular formula is C16H21BrO2. The lowest BCUT2D eigenvalue weighted by Gasteiger charge is -2.25. The van der Waals surface area contributed by atoms with E-state index in [2.05, 4.69) is 15.9 Å². The van der Waals surface area contributed by atoms with Crippen molar-refractivity contribution in [2.75, 3.05) is 7.11 Å². The first kappa shape index (κ1) is 14.6. The second-order valence-corrected chi connectivity index (χ2v) is 6.45. The molecule has 2 rings (SSSR count). The third-order valence-corrected chi connectivity index (χ3v) is 5.03. The lowest BCUT2D eigenvalue weighted by Crippen LogP contribution is -2.20. The summed E-state index contributed by atoms with van der Waals surface area (Å²) in [6, 6.07) is 7.39. The van der Waals surface area contributed by atoms with Gasteiger partial charge in [-0.2, -0.15) is 0 Å². The molecule has 0 radical (unpaired) electrons. The molecule has 19 heavy (non-hydrogen) atoms. The van der Waals surface area contributed by atoms with E-state index >= 15 is 0 Å². The molecule has 3 heteroatoms. The van der Waals surface area contributed by atoms with Crippen LogP contribution in [0.15, 0.2) is 24.3 Å². The van der Waals surface area contributed by atoms with E-state index in [0.717, 1.165) is 11.3 Å². The molecule has 1 aromatic carbocycles. The fraction of sp³-hybridized carbons (Fsp3) is 0.562. The third-order valence-electron chi connectivity index (χ3n) is 3.95. The van der Waals surface area contributed by atoms with Crippen LogP contribution in [0.5, 0.6) is 5.75 Å². The molecule has 2 nitrogen and oxygen atoms in total. The van der Waals surface area contributed by atoms with Crippen LogP contribution in [0.2, 0.25) is 0 Å². The van der Waals surface area contributed by atoms with Crippen LogP contribution >= 0.6 is 15.9 Å². The van der Waals surface area contributed by atoms with E-state index in [-0.39, 0.29) is 5.78 Å². The molecule has 0 N–H and O–H groups in total. The second kappa shape index (κ2) is 7.09. The van der Waals surface area contributed by atoms with Gasteiger partial charge in [0.15, 0.2) is 5.78 Å². The van der Waals surface area contributed by atoms with Crippen molar-refractivity contribution in [1.29, 1.82) is 0 Å². The maximum Gasteiger partial charge on any atom is 0.164 e. The van der Waals surface area contributed by atoms with Gasteiger partial charge >= 0.3 is 0 Å². The molecule has 1 saturated carbocycles. The number of hydrogen-bond acceptors (Lipinski definition) is 2. The molecule has 1 aliphatic rings. The van der Waals surface area contributed by atoms with Gasteiger partial charge in [-0.25, -0.2) is 0 Å². The van der Waals surface area contributed by atoms with Gasteiger partial charge < -0.3 is 4.74 Å². The maximum absolute atomic E-state index is 12.2. The van der Waals surface area contributed by atoms with E-state index in [4.69, 9.17) is 4.74 Å². The summed E-state index contributed by atoms with van der Waals surface area (Å²) in [5, 5.41) is 0. The van der Waals surface area contributed by atoms with Gasteiger partial charge in [0.25, 0.3) is 0 Å². The molecule has 1 aromatic rings. The van der Waals surface area contributed by atoms with E-state index in [9.17, 15) is 4.79 Å². The average Bonchev–Trinajstić information content (AvgIpc) is 2.48. The topological polar surface area (TPSA) is 26.3 Å². The van der Waals surface area contributed by atoms with Crippen molar-refractivity contribution in [2.45, 2.75) is 43.4 Å². The Morgan fingerprint density at radius 2 is 1.89 bits per heavy atom. The summed E-state index contributed by atoms with van der Waals surface area (Å²) >= 11 is 3.72. The molecule has 1 unspecified atom stereocenters. The Kier molecular flexibility index (Phi) is 5.44. The number of carbonyl (C=O) groups excluding carboxylic acids is 1. The number of ether oxygens (including phenoxy) is 1. The maximum atomic E-state index is 12.2. The van der Waals surface area contributed by atoms with Gasteiger partial charge in [0.05, 0.1) is 7.11 Å². The first-order valence-corrected chi connectivity index (χ1v) is 7.93. The van der Waals surface area contributed by atoms with Crippen LogP contribution in [0.4, 0.5) is 0 Å². The average molecular weight is 325 g/mol. The van der Waals surface area contributed by atoms with Gasteiger partial charge in [0.2, 0.25) is 0 Å². The quantitative estimate of drug-likeness (QED) is 0.584. The van der Waals surface area contributed by atoms with Crippen LogP contribution in [-0.4, -0.2) is 17.7 Å². The second-order valence-electron chi connectivity index (χ2n) is 5.27. The van der Waals surface area contributed by atoms with E-state index in [1.165, 1.54) is 32.1 Å². The minimum Gasteiger partial charge on any atom is -0.497 e. The highest BCUT2D eigenvalue weighted by Crippen LogP contribution is 2.32. The van der Waals surface area contributed by atoms with E-state index in [0.29, 0.717) is 17.2 Å². The highest BCUT2D eigenvalue weighted by atomic mass is 79.9. The predicted molar refractivity (Wildman–Crippen MR) is 81.2 cm³/mol. The number of halogens is 1. The molecule has 104 valence electrons.